The molecule has 4 heteroatoms. The summed E-state index contributed by atoms with van der Waals surface area (Å²) in [5.74, 6) is 0.720. The molecule has 0 unspecified atom stereocenters. The second-order valence-electron chi connectivity index (χ2n) is 6.17. The Morgan fingerprint density at radius 3 is 1.75 bits per heavy atom. The molecule has 0 N–H and O–H groups in total. The third-order valence-corrected chi connectivity index (χ3v) is 8.47. The topological polar surface area (TPSA) is 0 Å². The van der Waals surface area contributed by atoms with Crippen LogP contribution < -0.4 is 0 Å². The molecule has 4 heterocycles. The molecule has 0 aliphatic rings. The van der Waals surface area contributed by atoms with Gasteiger partial charge < -0.3 is 0 Å². The minimum atomic E-state index is 0.720. The monoisotopic (exact) mass is 386 g/mol. The minimum absolute atomic E-state index is 0.720. The van der Waals surface area contributed by atoms with E-state index in [4.69, 9.17) is 0 Å². The van der Waals surface area contributed by atoms with Crippen molar-refractivity contribution in [1.29, 1.82) is 0 Å². The van der Waals surface area contributed by atoms with Crippen LogP contribution >= 0.6 is 45.3 Å². The van der Waals surface area contributed by atoms with Crippen LogP contribution in [0.4, 0.5) is 0 Å². The van der Waals surface area contributed by atoms with Crippen LogP contribution in [-0.4, -0.2) is 0 Å². The van der Waals surface area contributed by atoms with Crippen LogP contribution in [0.25, 0.3) is 29.3 Å². The van der Waals surface area contributed by atoms with E-state index in [2.05, 4.69) is 67.8 Å². The van der Waals surface area contributed by atoms with Gasteiger partial charge in [-0.2, -0.15) is 0 Å². The van der Waals surface area contributed by atoms with E-state index in [9.17, 15) is 0 Å². The van der Waals surface area contributed by atoms with Gasteiger partial charge in [-0.3, -0.25) is 0 Å². The highest BCUT2D eigenvalue weighted by atomic mass is 32.1. The van der Waals surface area contributed by atoms with Crippen molar-refractivity contribution >= 4 is 45.3 Å². The van der Waals surface area contributed by atoms with Crippen molar-refractivity contribution in [3.8, 4) is 29.3 Å². The first-order valence-corrected chi connectivity index (χ1v) is 11.3. The Bertz CT molecular complexity index is 919. The van der Waals surface area contributed by atoms with E-state index in [1.165, 1.54) is 40.6 Å². The van der Waals surface area contributed by atoms with Crippen molar-refractivity contribution in [2.24, 2.45) is 5.92 Å². The van der Waals surface area contributed by atoms with Gasteiger partial charge in [-0.15, -0.1) is 45.3 Å². The molecule has 0 radical (unpaired) electrons. The summed E-state index contributed by atoms with van der Waals surface area (Å²) >= 11 is 7.55. The van der Waals surface area contributed by atoms with Gasteiger partial charge in [0, 0.05) is 34.1 Å². The number of rotatable bonds is 5. The minimum Gasteiger partial charge on any atom is -0.143 e. The van der Waals surface area contributed by atoms with E-state index in [-0.39, 0.29) is 0 Å². The summed E-state index contributed by atoms with van der Waals surface area (Å²) in [4.78, 5) is 9.74. The lowest BCUT2D eigenvalue weighted by Crippen LogP contribution is -1.89. The van der Waals surface area contributed by atoms with Gasteiger partial charge in [-0.1, -0.05) is 19.9 Å². The maximum absolute atomic E-state index is 2.29. The number of hydrogen-bond acceptors (Lipinski definition) is 4. The Balaban J connectivity index is 1.57. The molecular weight excluding hydrogens is 368 g/mol. The molecule has 0 atom stereocenters. The van der Waals surface area contributed by atoms with E-state index < -0.39 is 0 Å². The lowest BCUT2D eigenvalue weighted by Gasteiger charge is -1.99. The van der Waals surface area contributed by atoms with Crippen molar-refractivity contribution in [1.82, 2.24) is 0 Å². The summed E-state index contributed by atoms with van der Waals surface area (Å²) in [5.41, 5.74) is 0. The van der Waals surface area contributed by atoms with Gasteiger partial charge in [-0.25, -0.2) is 0 Å². The van der Waals surface area contributed by atoms with Crippen molar-refractivity contribution in [2.45, 2.75) is 20.3 Å². The second-order valence-corrected chi connectivity index (χ2v) is 10.5. The molecule has 4 aromatic heterocycles. The van der Waals surface area contributed by atoms with Crippen LogP contribution in [0.2, 0.25) is 0 Å². The lowest BCUT2D eigenvalue weighted by atomic mass is 10.1. The van der Waals surface area contributed by atoms with Crippen LogP contribution in [0, 0.1) is 5.92 Å². The van der Waals surface area contributed by atoms with E-state index in [0.29, 0.717) is 0 Å². The highest BCUT2D eigenvalue weighted by Crippen LogP contribution is 2.42. The summed E-state index contributed by atoms with van der Waals surface area (Å²) in [5, 5.41) is 2.14. The molecule has 0 amide bonds. The number of hydrogen-bond donors (Lipinski definition) is 0. The predicted molar refractivity (Wildman–Crippen MR) is 113 cm³/mol. The SMILES string of the molecule is CC(C)Cc1ccc(-c2ccc(-c3ccc(-c4cccs4)s3)s2)s1. The zero-order valence-electron chi connectivity index (χ0n) is 13.6. The fourth-order valence-electron chi connectivity index (χ4n) is 2.65. The average Bonchev–Trinajstić information content (AvgIpc) is 3.32. The fraction of sp³-hybridized carbons (Fsp3) is 0.200. The molecule has 0 nitrogen and oxygen atoms in total. The molecule has 0 bridgehead atoms. The molecule has 24 heavy (non-hydrogen) atoms. The number of thiophene rings is 4. The Morgan fingerprint density at radius 1 is 0.667 bits per heavy atom. The molecule has 0 spiro atoms. The molecule has 0 fully saturated rings. The van der Waals surface area contributed by atoms with Crippen LogP contribution in [-0.2, 0) is 6.42 Å². The summed E-state index contributed by atoms with van der Waals surface area (Å²) in [7, 11) is 0. The van der Waals surface area contributed by atoms with E-state index in [1.807, 2.05) is 45.3 Å². The molecular formula is C20H18S4. The highest BCUT2D eigenvalue weighted by Gasteiger charge is 2.11. The lowest BCUT2D eigenvalue weighted by molar-refractivity contribution is 0.654. The van der Waals surface area contributed by atoms with Crippen molar-refractivity contribution < 1.29 is 0 Å². The van der Waals surface area contributed by atoms with Gasteiger partial charge in [0.15, 0.2) is 0 Å². The van der Waals surface area contributed by atoms with Crippen LogP contribution in [0.1, 0.15) is 18.7 Å². The maximum atomic E-state index is 2.29. The Kier molecular flexibility index (Phi) is 4.72. The van der Waals surface area contributed by atoms with Crippen LogP contribution in [0.5, 0.6) is 0 Å². The first-order valence-electron chi connectivity index (χ1n) is 8.02. The smallest absolute Gasteiger partial charge is 0.0449 e. The van der Waals surface area contributed by atoms with Gasteiger partial charge in [-0.05, 0) is 60.2 Å². The summed E-state index contributed by atoms with van der Waals surface area (Å²) in [6.45, 7) is 4.56. The summed E-state index contributed by atoms with van der Waals surface area (Å²) in [6.07, 6.45) is 1.18. The Labute approximate surface area is 159 Å². The first-order chi connectivity index (χ1) is 11.7. The van der Waals surface area contributed by atoms with Crippen molar-refractivity contribution in [3.05, 3.63) is 58.8 Å². The molecule has 4 rings (SSSR count). The quantitative estimate of drug-likeness (QED) is 0.325. The average molecular weight is 387 g/mol. The summed E-state index contributed by atoms with van der Waals surface area (Å²) in [6, 6.07) is 17.9. The predicted octanol–water partition coefficient (Wildman–Crippen LogP) is 8.13. The molecule has 0 aromatic carbocycles. The van der Waals surface area contributed by atoms with Crippen molar-refractivity contribution in [3.63, 3.8) is 0 Å². The summed E-state index contributed by atoms with van der Waals surface area (Å²) < 4.78 is 0. The third kappa shape index (κ3) is 3.42. The molecule has 0 saturated heterocycles. The fourth-order valence-corrected chi connectivity index (χ4v) is 6.89. The largest absolute Gasteiger partial charge is 0.143 e. The molecule has 122 valence electrons. The van der Waals surface area contributed by atoms with Crippen molar-refractivity contribution in [2.75, 3.05) is 0 Å². The normalized spacial score (nSPS) is 11.5. The zero-order valence-corrected chi connectivity index (χ0v) is 16.9. The molecule has 0 saturated carbocycles. The molecule has 0 aliphatic carbocycles. The van der Waals surface area contributed by atoms with Crippen LogP contribution in [0.3, 0.4) is 0 Å². The second kappa shape index (κ2) is 6.96. The Hall–Kier alpha value is -1.20. The van der Waals surface area contributed by atoms with Gasteiger partial charge in [0.05, 0.1) is 0 Å². The first kappa shape index (κ1) is 16.3. The van der Waals surface area contributed by atoms with E-state index in [1.54, 1.807) is 0 Å². The standard InChI is InChI=1S/C20H18S4/c1-13(2)12-14-5-6-17(22-14)18-9-10-20(24-18)19-8-7-16(23-19)15-4-3-11-21-15/h3-11,13H,12H2,1-2H3. The van der Waals surface area contributed by atoms with Gasteiger partial charge in [0.25, 0.3) is 0 Å². The molecule has 4 aromatic rings. The van der Waals surface area contributed by atoms with Gasteiger partial charge in [0.1, 0.15) is 0 Å². The zero-order chi connectivity index (χ0) is 16.5. The highest BCUT2D eigenvalue weighted by molar-refractivity contribution is 7.28. The molecule has 0 aliphatic heterocycles. The van der Waals surface area contributed by atoms with Crippen LogP contribution in [0.15, 0.2) is 53.9 Å². The Morgan fingerprint density at radius 2 is 1.21 bits per heavy atom. The van der Waals surface area contributed by atoms with E-state index >= 15 is 0 Å². The van der Waals surface area contributed by atoms with E-state index in [0.717, 1.165) is 5.92 Å². The van der Waals surface area contributed by atoms with Gasteiger partial charge >= 0.3 is 0 Å². The van der Waals surface area contributed by atoms with Gasteiger partial charge in [0.2, 0.25) is 0 Å². The maximum Gasteiger partial charge on any atom is 0.0449 e. The third-order valence-electron chi connectivity index (χ3n) is 3.73.